The van der Waals surface area contributed by atoms with E-state index in [0.717, 1.165) is 18.7 Å². The van der Waals surface area contributed by atoms with Gasteiger partial charge in [0.1, 0.15) is 5.82 Å². The fraction of sp³-hybridized carbons (Fsp3) is 0.647. The molecule has 0 aromatic heterocycles. The molecule has 1 saturated carbocycles. The van der Waals surface area contributed by atoms with Crippen LogP contribution in [0.2, 0.25) is 0 Å². The van der Waals surface area contributed by atoms with Gasteiger partial charge in [0.05, 0.1) is 0 Å². The molecule has 3 rings (SSSR count). The molecule has 0 bridgehead atoms. The van der Waals surface area contributed by atoms with Crippen LogP contribution in [-0.4, -0.2) is 24.5 Å². The normalized spacial score (nSPS) is 24.1. The first-order valence-electron chi connectivity index (χ1n) is 7.93. The Balaban J connectivity index is 1.71. The Morgan fingerprint density at radius 2 is 1.75 bits per heavy atom. The third-order valence-electron chi connectivity index (χ3n) is 5.45. The minimum atomic E-state index is -0.121. The molecule has 1 aliphatic heterocycles. The van der Waals surface area contributed by atoms with Crippen molar-refractivity contribution in [2.45, 2.75) is 44.6 Å². The van der Waals surface area contributed by atoms with Gasteiger partial charge in [-0.1, -0.05) is 31.0 Å². The highest BCUT2D eigenvalue weighted by atomic mass is 19.1. The van der Waals surface area contributed by atoms with E-state index in [9.17, 15) is 4.39 Å². The van der Waals surface area contributed by atoms with Gasteiger partial charge in [0.15, 0.2) is 0 Å². The van der Waals surface area contributed by atoms with Crippen LogP contribution >= 0.6 is 0 Å². The second-order valence-electron chi connectivity index (χ2n) is 6.52. The molecule has 3 heteroatoms. The Bertz CT molecular complexity index is 444. The molecule has 2 nitrogen and oxygen atoms in total. The maximum absolute atomic E-state index is 14.0. The molecule has 1 aliphatic carbocycles. The summed E-state index contributed by atoms with van der Waals surface area (Å²) in [5.74, 6) is -0.121. The van der Waals surface area contributed by atoms with Gasteiger partial charge in [-0.3, -0.25) is 4.90 Å². The molecule has 1 saturated heterocycles. The van der Waals surface area contributed by atoms with Crippen molar-refractivity contribution in [2.75, 3.05) is 19.6 Å². The van der Waals surface area contributed by atoms with Crippen molar-refractivity contribution in [1.82, 2.24) is 4.90 Å². The molecular formula is C17H25FN2. The number of halogens is 1. The van der Waals surface area contributed by atoms with Crippen LogP contribution in [0.3, 0.4) is 0 Å². The van der Waals surface area contributed by atoms with Crippen molar-refractivity contribution < 1.29 is 4.39 Å². The van der Waals surface area contributed by atoms with E-state index in [0.29, 0.717) is 12.0 Å². The second kappa shape index (κ2) is 5.82. The fourth-order valence-electron chi connectivity index (χ4n) is 4.15. The molecule has 1 aromatic carbocycles. The highest BCUT2D eigenvalue weighted by molar-refractivity contribution is 5.22. The Morgan fingerprint density at radius 1 is 1.10 bits per heavy atom. The fourth-order valence-corrected chi connectivity index (χ4v) is 4.15. The molecule has 2 N–H and O–H groups in total. The average Bonchev–Trinajstić information content (AvgIpc) is 2.92. The third-order valence-corrected chi connectivity index (χ3v) is 5.45. The summed E-state index contributed by atoms with van der Waals surface area (Å²) in [6.07, 6.45) is 8.11. The zero-order chi connectivity index (χ0) is 14.0. The Labute approximate surface area is 121 Å². The summed E-state index contributed by atoms with van der Waals surface area (Å²) in [6, 6.07) is 7.11. The van der Waals surface area contributed by atoms with Crippen LogP contribution < -0.4 is 5.73 Å². The second-order valence-corrected chi connectivity index (χ2v) is 6.52. The van der Waals surface area contributed by atoms with Gasteiger partial charge < -0.3 is 5.73 Å². The number of hydrogen-bond acceptors (Lipinski definition) is 2. The standard InChI is InChI=1S/C17H25FN2/c18-15-6-2-1-5-14(15)16(13-19)20-11-9-17(10-12-20)7-3-4-8-17/h1-2,5-6,16H,3-4,7-13,19H2. The predicted molar refractivity (Wildman–Crippen MR) is 79.9 cm³/mol. The molecule has 1 atom stereocenters. The summed E-state index contributed by atoms with van der Waals surface area (Å²) < 4.78 is 14.0. The molecule has 1 spiro atoms. The maximum atomic E-state index is 14.0. The van der Waals surface area contributed by atoms with E-state index in [1.165, 1.54) is 38.5 Å². The van der Waals surface area contributed by atoms with Gasteiger partial charge in [-0.05, 0) is 50.3 Å². The van der Waals surface area contributed by atoms with Crippen molar-refractivity contribution in [1.29, 1.82) is 0 Å². The quantitative estimate of drug-likeness (QED) is 0.915. The van der Waals surface area contributed by atoms with Crippen LogP contribution in [0.4, 0.5) is 4.39 Å². The Hall–Kier alpha value is -0.930. The molecule has 0 amide bonds. The summed E-state index contributed by atoms with van der Waals surface area (Å²) in [4.78, 5) is 2.39. The molecule has 1 unspecified atom stereocenters. The lowest BCUT2D eigenvalue weighted by Gasteiger charge is -2.42. The number of hydrogen-bond donors (Lipinski definition) is 1. The van der Waals surface area contributed by atoms with Crippen molar-refractivity contribution in [3.63, 3.8) is 0 Å². The van der Waals surface area contributed by atoms with Gasteiger partial charge in [-0.25, -0.2) is 4.39 Å². The first kappa shape index (κ1) is 14.0. The van der Waals surface area contributed by atoms with E-state index in [4.69, 9.17) is 5.73 Å². The zero-order valence-electron chi connectivity index (χ0n) is 12.2. The number of nitrogens with two attached hydrogens (primary N) is 1. The highest BCUT2D eigenvalue weighted by Crippen LogP contribution is 2.47. The monoisotopic (exact) mass is 276 g/mol. The maximum Gasteiger partial charge on any atom is 0.128 e. The van der Waals surface area contributed by atoms with Crippen LogP contribution in [0, 0.1) is 11.2 Å². The van der Waals surface area contributed by atoms with Crippen LogP contribution in [-0.2, 0) is 0 Å². The molecule has 20 heavy (non-hydrogen) atoms. The van der Waals surface area contributed by atoms with E-state index in [2.05, 4.69) is 4.90 Å². The highest BCUT2D eigenvalue weighted by Gasteiger charge is 2.38. The first-order chi connectivity index (χ1) is 9.74. The molecule has 110 valence electrons. The Morgan fingerprint density at radius 3 is 2.35 bits per heavy atom. The Kier molecular flexibility index (Phi) is 4.08. The lowest BCUT2D eigenvalue weighted by molar-refractivity contribution is 0.0768. The number of likely N-dealkylation sites (tertiary alicyclic amines) is 1. The number of benzene rings is 1. The smallest absolute Gasteiger partial charge is 0.128 e. The minimum Gasteiger partial charge on any atom is -0.329 e. The van der Waals surface area contributed by atoms with Gasteiger partial charge in [0, 0.05) is 18.2 Å². The van der Waals surface area contributed by atoms with Gasteiger partial charge in [-0.15, -0.1) is 0 Å². The van der Waals surface area contributed by atoms with E-state index >= 15 is 0 Å². The molecule has 1 aromatic rings. The summed E-state index contributed by atoms with van der Waals surface area (Å²) in [5.41, 5.74) is 7.30. The molecule has 2 fully saturated rings. The van der Waals surface area contributed by atoms with Crippen LogP contribution in [0.15, 0.2) is 24.3 Å². The lowest BCUT2D eigenvalue weighted by atomic mass is 9.76. The van der Waals surface area contributed by atoms with Crippen LogP contribution in [0.25, 0.3) is 0 Å². The average molecular weight is 276 g/mol. The van der Waals surface area contributed by atoms with Crippen molar-refractivity contribution in [3.05, 3.63) is 35.6 Å². The lowest BCUT2D eigenvalue weighted by Crippen LogP contribution is -2.43. The van der Waals surface area contributed by atoms with Gasteiger partial charge in [-0.2, -0.15) is 0 Å². The van der Waals surface area contributed by atoms with E-state index < -0.39 is 0 Å². The van der Waals surface area contributed by atoms with E-state index in [1.807, 2.05) is 12.1 Å². The summed E-state index contributed by atoms with van der Waals surface area (Å²) in [7, 11) is 0. The van der Waals surface area contributed by atoms with E-state index in [1.54, 1.807) is 12.1 Å². The van der Waals surface area contributed by atoms with Crippen LogP contribution in [0.1, 0.15) is 50.1 Å². The molecule has 2 aliphatic rings. The van der Waals surface area contributed by atoms with Crippen molar-refractivity contribution in [3.8, 4) is 0 Å². The number of rotatable bonds is 3. The number of nitrogens with zero attached hydrogens (tertiary/aromatic N) is 1. The molecular weight excluding hydrogens is 251 g/mol. The third kappa shape index (κ3) is 2.61. The predicted octanol–water partition coefficient (Wildman–Crippen LogP) is 3.48. The SMILES string of the molecule is NCC(c1ccccc1F)N1CCC2(CCCC2)CC1. The zero-order valence-corrected chi connectivity index (χ0v) is 12.2. The topological polar surface area (TPSA) is 29.3 Å². The van der Waals surface area contributed by atoms with Gasteiger partial charge in [0.2, 0.25) is 0 Å². The van der Waals surface area contributed by atoms with Gasteiger partial charge >= 0.3 is 0 Å². The minimum absolute atomic E-state index is 0.0370. The number of piperidine rings is 1. The molecule has 0 radical (unpaired) electrons. The largest absolute Gasteiger partial charge is 0.329 e. The van der Waals surface area contributed by atoms with Crippen molar-refractivity contribution in [2.24, 2.45) is 11.1 Å². The molecule has 1 heterocycles. The van der Waals surface area contributed by atoms with E-state index in [-0.39, 0.29) is 11.9 Å². The first-order valence-corrected chi connectivity index (χ1v) is 7.93. The summed E-state index contributed by atoms with van der Waals surface area (Å²) >= 11 is 0. The summed E-state index contributed by atoms with van der Waals surface area (Å²) in [6.45, 7) is 2.63. The van der Waals surface area contributed by atoms with Gasteiger partial charge in [0.25, 0.3) is 0 Å². The van der Waals surface area contributed by atoms with Crippen molar-refractivity contribution >= 4 is 0 Å². The summed E-state index contributed by atoms with van der Waals surface area (Å²) in [5, 5.41) is 0. The van der Waals surface area contributed by atoms with Crippen LogP contribution in [0.5, 0.6) is 0 Å².